The molecule has 1 aromatic rings. The Hall–Kier alpha value is -0.900. The van der Waals surface area contributed by atoms with Crippen LogP contribution in [0.5, 0.6) is 0 Å². The zero-order valence-electron chi connectivity index (χ0n) is 12.7. The van der Waals surface area contributed by atoms with Gasteiger partial charge in [-0.1, -0.05) is 29.8 Å². The summed E-state index contributed by atoms with van der Waals surface area (Å²) < 4.78 is 11.4. The van der Waals surface area contributed by atoms with Gasteiger partial charge in [0.1, 0.15) is 0 Å². The molecule has 0 bridgehead atoms. The van der Waals surface area contributed by atoms with Crippen LogP contribution >= 0.6 is 0 Å². The van der Waals surface area contributed by atoms with E-state index in [1.165, 1.54) is 24.0 Å². The van der Waals surface area contributed by atoms with Crippen LogP contribution in [0.3, 0.4) is 0 Å². The third kappa shape index (κ3) is 3.22. The van der Waals surface area contributed by atoms with E-state index in [9.17, 15) is 0 Å². The van der Waals surface area contributed by atoms with Gasteiger partial charge in [0.15, 0.2) is 5.79 Å². The number of rotatable bonds is 4. The summed E-state index contributed by atoms with van der Waals surface area (Å²) in [6.07, 6.45) is 2.67. The van der Waals surface area contributed by atoms with E-state index in [0.717, 1.165) is 12.5 Å². The maximum absolute atomic E-state index is 5.81. The van der Waals surface area contributed by atoms with Crippen molar-refractivity contribution in [1.82, 2.24) is 5.32 Å². The molecule has 0 radical (unpaired) electrons. The summed E-state index contributed by atoms with van der Waals surface area (Å²) in [6, 6.07) is 9.53. The molecule has 1 aliphatic heterocycles. The van der Waals surface area contributed by atoms with Crippen molar-refractivity contribution < 1.29 is 9.47 Å². The number of ether oxygens (including phenoxy) is 2. The predicted octanol–water partition coefficient (Wildman–Crippen LogP) is 2.98. The average molecular weight is 275 g/mol. The van der Waals surface area contributed by atoms with E-state index in [-0.39, 0.29) is 6.10 Å². The van der Waals surface area contributed by atoms with E-state index in [0.29, 0.717) is 12.6 Å². The summed E-state index contributed by atoms with van der Waals surface area (Å²) in [6.45, 7) is 7.72. The van der Waals surface area contributed by atoms with Crippen molar-refractivity contribution in [2.24, 2.45) is 0 Å². The smallest absolute Gasteiger partial charge is 0.163 e. The largest absolute Gasteiger partial charge is 0.348 e. The molecule has 1 aliphatic carbocycles. The highest BCUT2D eigenvalue weighted by molar-refractivity contribution is 5.27. The van der Waals surface area contributed by atoms with Crippen LogP contribution in [-0.2, 0) is 9.47 Å². The molecular formula is C17H25NO2. The fourth-order valence-corrected chi connectivity index (χ4v) is 3.14. The standard InChI is InChI=1S/C17H25NO2/c1-12-5-4-6-13(7-12)14-8-15(9-14)18-10-16-11-19-17(2,3)20-16/h4-7,14-16,18H,8-11H2,1-3H3. The zero-order chi connectivity index (χ0) is 14.2. The summed E-state index contributed by atoms with van der Waals surface area (Å²) in [5.41, 5.74) is 2.85. The molecule has 1 atom stereocenters. The van der Waals surface area contributed by atoms with Gasteiger partial charge >= 0.3 is 0 Å². The van der Waals surface area contributed by atoms with Crippen LogP contribution in [0.15, 0.2) is 24.3 Å². The van der Waals surface area contributed by atoms with E-state index in [2.05, 4.69) is 36.5 Å². The number of benzene rings is 1. The lowest BCUT2D eigenvalue weighted by Gasteiger charge is -2.37. The fourth-order valence-electron chi connectivity index (χ4n) is 3.14. The van der Waals surface area contributed by atoms with Gasteiger partial charge in [-0.05, 0) is 45.1 Å². The summed E-state index contributed by atoms with van der Waals surface area (Å²) in [5.74, 6) is 0.320. The third-order valence-corrected chi connectivity index (χ3v) is 4.35. The molecular weight excluding hydrogens is 250 g/mol. The highest BCUT2D eigenvalue weighted by Crippen LogP contribution is 2.37. The van der Waals surface area contributed by atoms with Gasteiger partial charge in [-0.25, -0.2) is 0 Å². The van der Waals surface area contributed by atoms with Gasteiger partial charge in [0.2, 0.25) is 0 Å². The van der Waals surface area contributed by atoms with Gasteiger partial charge in [0.25, 0.3) is 0 Å². The van der Waals surface area contributed by atoms with E-state index >= 15 is 0 Å². The molecule has 1 saturated carbocycles. The van der Waals surface area contributed by atoms with Gasteiger partial charge in [0, 0.05) is 12.6 Å². The Bertz CT molecular complexity index is 466. The summed E-state index contributed by atoms with van der Waals surface area (Å²) in [5, 5.41) is 3.61. The number of hydrogen-bond acceptors (Lipinski definition) is 3. The first-order valence-electron chi connectivity index (χ1n) is 7.63. The lowest BCUT2D eigenvalue weighted by molar-refractivity contribution is -0.138. The van der Waals surface area contributed by atoms with Crippen LogP contribution < -0.4 is 5.32 Å². The first kappa shape index (κ1) is 14.1. The second-order valence-electron chi connectivity index (χ2n) is 6.64. The van der Waals surface area contributed by atoms with Gasteiger partial charge in [-0.3, -0.25) is 0 Å². The molecule has 3 rings (SSSR count). The molecule has 0 amide bonds. The first-order valence-corrected chi connectivity index (χ1v) is 7.63. The Balaban J connectivity index is 1.41. The molecule has 1 unspecified atom stereocenters. The molecule has 110 valence electrons. The summed E-state index contributed by atoms with van der Waals surface area (Å²) in [7, 11) is 0. The van der Waals surface area contributed by atoms with Crippen LogP contribution in [0, 0.1) is 6.92 Å². The molecule has 3 nitrogen and oxygen atoms in total. The second kappa shape index (κ2) is 5.47. The van der Waals surface area contributed by atoms with Gasteiger partial charge in [-0.15, -0.1) is 0 Å². The highest BCUT2D eigenvalue weighted by atomic mass is 16.7. The maximum atomic E-state index is 5.81. The van der Waals surface area contributed by atoms with Crippen molar-refractivity contribution >= 4 is 0 Å². The Labute approximate surface area is 121 Å². The van der Waals surface area contributed by atoms with Gasteiger partial charge < -0.3 is 14.8 Å². The molecule has 3 heteroatoms. The van der Waals surface area contributed by atoms with Crippen molar-refractivity contribution in [2.45, 2.75) is 57.5 Å². The SMILES string of the molecule is Cc1cccc(C2CC(NCC3COC(C)(C)O3)C2)c1. The average Bonchev–Trinajstić information content (AvgIpc) is 2.67. The van der Waals surface area contributed by atoms with Crippen molar-refractivity contribution in [2.75, 3.05) is 13.2 Å². The molecule has 2 aliphatic rings. The first-order chi connectivity index (χ1) is 9.52. The molecule has 1 N–H and O–H groups in total. The van der Waals surface area contributed by atoms with Crippen LogP contribution in [0.4, 0.5) is 0 Å². The lowest BCUT2D eigenvalue weighted by Crippen LogP contribution is -2.44. The number of hydrogen-bond donors (Lipinski definition) is 1. The lowest BCUT2D eigenvalue weighted by atomic mass is 9.75. The third-order valence-electron chi connectivity index (χ3n) is 4.35. The van der Waals surface area contributed by atoms with E-state index in [1.807, 2.05) is 13.8 Å². The molecule has 2 fully saturated rings. The van der Waals surface area contributed by atoms with Crippen molar-refractivity contribution in [3.63, 3.8) is 0 Å². The molecule has 0 spiro atoms. The molecule has 1 heterocycles. The van der Waals surface area contributed by atoms with E-state index in [1.54, 1.807) is 0 Å². The number of aryl methyl sites for hydroxylation is 1. The fraction of sp³-hybridized carbons (Fsp3) is 0.647. The zero-order valence-corrected chi connectivity index (χ0v) is 12.7. The van der Waals surface area contributed by atoms with Crippen LogP contribution in [0.25, 0.3) is 0 Å². The van der Waals surface area contributed by atoms with E-state index in [4.69, 9.17) is 9.47 Å². The summed E-state index contributed by atoms with van der Waals surface area (Å²) >= 11 is 0. The summed E-state index contributed by atoms with van der Waals surface area (Å²) in [4.78, 5) is 0. The van der Waals surface area contributed by atoms with Crippen LogP contribution in [0.1, 0.15) is 43.7 Å². The molecule has 1 saturated heterocycles. The molecule has 0 aromatic heterocycles. The van der Waals surface area contributed by atoms with Crippen LogP contribution in [0.2, 0.25) is 0 Å². The van der Waals surface area contributed by atoms with E-state index < -0.39 is 5.79 Å². The Kier molecular flexibility index (Phi) is 3.85. The monoisotopic (exact) mass is 275 g/mol. The topological polar surface area (TPSA) is 30.5 Å². The van der Waals surface area contributed by atoms with Crippen LogP contribution in [-0.4, -0.2) is 31.1 Å². The number of nitrogens with one attached hydrogen (secondary N) is 1. The highest BCUT2D eigenvalue weighted by Gasteiger charge is 2.35. The van der Waals surface area contributed by atoms with Gasteiger partial charge in [-0.2, -0.15) is 0 Å². The Morgan fingerprint density at radius 1 is 1.30 bits per heavy atom. The van der Waals surface area contributed by atoms with Crippen molar-refractivity contribution in [3.05, 3.63) is 35.4 Å². The minimum atomic E-state index is -0.407. The van der Waals surface area contributed by atoms with Gasteiger partial charge in [0.05, 0.1) is 12.7 Å². The quantitative estimate of drug-likeness (QED) is 0.916. The molecule has 20 heavy (non-hydrogen) atoms. The predicted molar refractivity (Wildman–Crippen MR) is 79.8 cm³/mol. The minimum Gasteiger partial charge on any atom is -0.348 e. The minimum absolute atomic E-state index is 0.197. The maximum Gasteiger partial charge on any atom is 0.163 e. The second-order valence-corrected chi connectivity index (χ2v) is 6.64. The van der Waals surface area contributed by atoms with Crippen molar-refractivity contribution in [3.8, 4) is 0 Å². The molecule has 1 aromatic carbocycles. The normalized spacial score (nSPS) is 32.0. The Morgan fingerprint density at radius 2 is 2.10 bits per heavy atom. The Morgan fingerprint density at radius 3 is 2.75 bits per heavy atom. The van der Waals surface area contributed by atoms with Crippen molar-refractivity contribution in [1.29, 1.82) is 0 Å².